The maximum Gasteiger partial charge on any atom is 0.119 e. The van der Waals surface area contributed by atoms with Gasteiger partial charge in [0.1, 0.15) is 5.75 Å². The average Bonchev–Trinajstić information content (AvgIpc) is 2.19. The van der Waals surface area contributed by atoms with Gasteiger partial charge in [0.2, 0.25) is 0 Å². The second kappa shape index (κ2) is 5.92. The summed E-state index contributed by atoms with van der Waals surface area (Å²) >= 11 is 1.81. The van der Waals surface area contributed by atoms with Gasteiger partial charge in [-0.05, 0) is 30.4 Å². The lowest BCUT2D eigenvalue weighted by Crippen LogP contribution is -1.99. The Morgan fingerprint density at radius 2 is 2.23 bits per heavy atom. The highest BCUT2D eigenvalue weighted by Crippen LogP contribution is 2.13. The van der Waals surface area contributed by atoms with Crippen LogP contribution >= 0.6 is 11.8 Å². The molecule has 0 aliphatic carbocycles. The van der Waals surface area contributed by atoms with Crippen LogP contribution in [0.1, 0.15) is 12.5 Å². The molecule has 0 aliphatic rings. The molecule has 0 bridgehead atoms. The lowest BCUT2D eigenvalue weighted by Gasteiger charge is -2.05. The topological polar surface area (TPSA) is 9.23 Å². The smallest absolute Gasteiger partial charge is 0.119 e. The molecule has 0 fully saturated rings. The van der Waals surface area contributed by atoms with Crippen LogP contribution in [0.5, 0.6) is 5.75 Å². The highest BCUT2D eigenvalue weighted by Gasteiger charge is 1.94. The molecule has 1 aromatic rings. The summed E-state index contributed by atoms with van der Waals surface area (Å²) in [5.41, 5.74) is 1.33. The van der Waals surface area contributed by atoms with Gasteiger partial charge in [-0.15, -0.1) is 0 Å². The SMILES string of the molecule is CCc1cccc(OCCSC)c1. The van der Waals surface area contributed by atoms with Gasteiger partial charge in [0.25, 0.3) is 0 Å². The van der Waals surface area contributed by atoms with Crippen LogP contribution in [0.4, 0.5) is 0 Å². The number of thioether (sulfide) groups is 1. The van der Waals surface area contributed by atoms with Crippen LogP contribution in [0.25, 0.3) is 0 Å². The molecule has 0 atom stereocenters. The molecule has 1 aromatic carbocycles. The maximum atomic E-state index is 5.57. The van der Waals surface area contributed by atoms with E-state index >= 15 is 0 Å². The van der Waals surface area contributed by atoms with Crippen LogP contribution in [-0.2, 0) is 6.42 Å². The first-order valence-corrected chi connectivity index (χ1v) is 5.97. The molecule has 0 amide bonds. The van der Waals surface area contributed by atoms with Crippen LogP contribution in [0, 0.1) is 0 Å². The maximum absolute atomic E-state index is 5.57. The quantitative estimate of drug-likeness (QED) is 0.670. The molecule has 0 N–H and O–H groups in total. The molecular weight excluding hydrogens is 180 g/mol. The fourth-order valence-electron chi connectivity index (χ4n) is 1.10. The lowest BCUT2D eigenvalue weighted by molar-refractivity contribution is 0.343. The Balaban J connectivity index is 2.46. The van der Waals surface area contributed by atoms with E-state index in [9.17, 15) is 0 Å². The summed E-state index contributed by atoms with van der Waals surface area (Å²) in [4.78, 5) is 0. The third-order valence-corrected chi connectivity index (χ3v) is 2.44. The summed E-state index contributed by atoms with van der Waals surface area (Å²) in [5.74, 6) is 2.05. The van der Waals surface area contributed by atoms with E-state index in [1.54, 1.807) is 11.8 Å². The van der Waals surface area contributed by atoms with Crippen molar-refractivity contribution in [2.24, 2.45) is 0 Å². The Morgan fingerprint density at radius 3 is 2.92 bits per heavy atom. The van der Waals surface area contributed by atoms with Gasteiger partial charge in [-0.25, -0.2) is 0 Å². The second-order valence-electron chi connectivity index (χ2n) is 2.84. The Kier molecular flexibility index (Phi) is 4.76. The molecule has 0 heterocycles. The molecule has 13 heavy (non-hydrogen) atoms. The molecule has 0 saturated carbocycles. The van der Waals surface area contributed by atoms with E-state index in [4.69, 9.17) is 4.74 Å². The molecule has 0 radical (unpaired) electrons. The summed E-state index contributed by atoms with van der Waals surface area (Å²) < 4.78 is 5.57. The van der Waals surface area contributed by atoms with E-state index in [1.807, 2.05) is 12.1 Å². The summed E-state index contributed by atoms with van der Waals surface area (Å²) in [6.45, 7) is 2.95. The number of aryl methyl sites for hydroxylation is 1. The fraction of sp³-hybridized carbons (Fsp3) is 0.455. The van der Waals surface area contributed by atoms with Crippen molar-refractivity contribution in [3.8, 4) is 5.75 Å². The van der Waals surface area contributed by atoms with Gasteiger partial charge in [-0.1, -0.05) is 19.1 Å². The van der Waals surface area contributed by atoms with E-state index in [0.717, 1.165) is 24.5 Å². The van der Waals surface area contributed by atoms with Gasteiger partial charge in [0, 0.05) is 5.75 Å². The lowest BCUT2D eigenvalue weighted by atomic mass is 10.2. The van der Waals surface area contributed by atoms with Gasteiger partial charge < -0.3 is 4.74 Å². The van der Waals surface area contributed by atoms with Crippen LogP contribution in [0.2, 0.25) is 0 Å². The zero-order valence-corrected chi connectivity index (χ0v) is 9.06. The zero-order valence-electron chi connectivity index (χ0n) is 8.25. The monoisotopic (exact) mass is 196 g/mol. The Bertz CT molecular complexity index is 248. The number of hydrogen-bond donors (Lipinski definition) is 0. The van der Waals surface area contributed by atoms with E-state index in [1.165, 1.54) is 5.56 Å². The molecule has 0 spiro atoms. The normalized spacial score (nSPS) is 10.0. The average molecular weight is 196 g/mol. The molecular formula is C11H16OS. The highest BCUT2D eigenvalue weighted by atomic mass is 32.2. The minimum absolute atomic E-state index is 0.800. The molecule has 1 rings (SSSR count). The summed E-state index contributed by atoms with van der Waals surface area (Å²) in [6, 6.07) is 8.30. The van der Waals surface area contributed by atoms with Crippen molar-refractivity contribution >= 4 is 11.8 Å². The molecule has 0 unspecified atom stereocenters. The van der Waals surface area contributed by atoms with Crippen molar-refractivity contribution in [1.82, 2.24) is 0 Å². The molecule has 72 valence electrons. The van der Waals surface area contributed by atoms with Crippen LogP contribution in [-0.4, -0.2) is 18.6 Å². The second-order valence-corrected chi connectivity index (χ2v) is 3.83. The highest BCUT2D eigenvalue weighted by molar-refractivity contribution is 7.98. The van der Waals surface area contributed by atoms with E-state index < -0.39 is 0 Å². The third kappa shape index (κ3) is 3.73. The van der Waals surface area contributed by atoms with E-state index in [-0.39, 0.29) is 0 Å². The van der Waals surface area contributed by atoms with Crippen molar-refractivity contribution in [2.75, 3.05) is 18.6 Å². The van der Waals surface area contributed by atoms with Crippen molar-refractivity contribution in [3.05, 3.63) is 29.8 Å². The Hall–Kier alpha value is -0.630. The predicted molar refractivity (Wildman–Crippen MR) is 59.7 cm³/mol. The van der Waals surface area contributed by atoms with Crippen LogP contribution in [0.3, 0.4) is 0 Å². The van der Waals surface area contributed by atoms with E-state index in [2.05, 4.69) is 25.3 Å². The minimum atomic E-state index is 0.800. The van der Waals surface area contributed by atoms with Crippen LogP contribution < -0.4 is 4.74 Å². The molecule has 0 aromatic heterocycles. The Labute approximate surface area is 84.5 Å². The van der Waals surface area contributed by atoms with Gasteiger partial charge in [0.15, 0.2) is 0 Å². The third-order valence-electron chi connectivity index (χ3n) is 1.86. The van der Waals surface area contributed by atoms with E-state index in [0.29, 0.717) is 0 Å². The number of ether oxygens (including phenoxy) is 1. The zero-order chi connectivity index (χ0) is 9.52. The molecule has 2 heteroatoms. The largest absolute Gasteiger partial charge is 0.493 e. The summed E-state index contributed by atoms with van der Waals surface area (Å²) in [5, 5.41) is 0. The van der Waals surface area contributed by atoms with Crippen molar-refractivity contribution in [2.45, 2.75) is 13.3 Å². The number of rotatable bonds is 5. The first kappa shape index (κ1) is 10.5. The van der Waals surface area contributed by atoms with Crippen molar-refractivity contribution in [3.63, 3.8) is 0 Å². The van der Waals surface area contributed by atoms with Crippen molar-refractivity contribution < 1.29 is 4.74 Å². The number of hydrogen-bond acceptors (Lipinski definition) is 2. The fourth-order valence-corrected chi connectivity index (χ4v) is 1.35. The molecule has 0 aliphatic heterocycles. The number of benzene rings is 1. The van der Waals surface area contributed by atoms with Crippen LogP contribution in [0.15, 0.2) is 24.3 Å². The standard InChI is InChI=1S/C11H16OS/c1-3-10-5-4-6-11(9-10)12-7-8-13-2/h4-6,9H,3,7-8H2,1-2H3. The van der Waals surface area contributed by atoms with Crippen molar-refractivity contribution in [1.29, 1.82) is 0 Å². The molecule has 1 nitrogen and oxygen atoms in total. The van der Waals surface area contributed by atoms with Gasteiger partial charge in [-0.3, -0.25) is 0 Å². The summed E-state index contributed by atoms with van der Waals surface area (Å²) in [7, 11) is 0. The van der Waals surface area contributed by atoms with Gasteiger partial charge in [0.05, 0.1) is 6.61 Å². The summed E-state index contributed by atoms with van der Waals surface area (Å²) in [6.07, 6.45) is 3.16. The minimum Gasteiger partial charge on any atom is -0.493 e. The first-order chi connectivity index (χ1) is 6.36. The van der Waals surface area contributed by atoms with Gasteiger partial charge >= 0.3 is 0 Å². The van der Waals surface area contributed by atoms with Gasteiger partial charge in [-0.2, -0.15) is 11.8 Å². The first-order valence-electron chi connectivity index (χ1n) is 4.57. The molecule has 0 saturated heterocycles. The Morgan fingerprint density at radius 1 is 1.38 bits per heavy atom. The predicted octanol–water partition coefficient (Wildman–Crippen LogP) is 2.99.